The summed E-state index contributed by atoms with van der Waals surface area (Å²) in [6.07, 6.45) is 0. The Morgan fingerprint density at radius 3 is 2.45 bits per heavy atom. The van der Waals surface area contributed by atoms with E-state index >= 15 is 0 Å². The van der Waals surface area contributed by atoms with Gasteiger partial charge in [-0.15, -0.1) is 0 Å². The van der Waals surface area contributed by atoms with Crippen LogP contribution in [0.4, 0.5) is 11.5 Å². The number of nitrogens with zero attached hydrogens (tertiary/aromatic N) is 2. The minimum absolute atomic E-state index is 0.0815. The Hall–Kier alpha value is -1.42. The number of benzene rings is 1. The average Bonchev–Trinajstić information content (AvgIpc) is 2.33. The van der Waals surface area contributed by atoms with Gasteiger partial charge in [-0.25, -0.2) is 9.97 Å². The lowest BCUT2D eigenvalue weighted by Gasteiger charge is -2.18. The molecule has 4 heteroatoms. The SMILES string of the molecule is Cc1cccc(Nc2cc(Br)nc(C(C)(C)C)n2)c1C. The Bertz CT molecular complexity index is 630. The molecule has 20 heavy (non-hydrogen) atoms. The van der Waals surface area contributed by atoms with E-state index in [2.05, 4.69) is 78.0 Å². The molecule has 0 aliphatic carbocycles. The topological polar surface area (TPSA) is 37.8 Å². The zero-order valence-corrected chi connectivity index (χ0v) is 14.2. The molecule has 106 valence electrons. The van der Waals surface area contributed by atoms with Crippen molar-refractivity contribution in [2.45, 2.75) is 40.0 Å². The van der Waals surface area contributed by atoms with Crippen LogP contribution in [0.1, 0.15) is 37.7 Å². The maximum Gasteiger partial charge on any atom is 0.137 e. The second-order valence-corrected chi connectivity index (χ2v) is 6.83. The van der Waals surface area contributed by atoms with E-state index in [1.165, 1.54) is 11.1 Å². The molecule has 0 atom stereocenters. The molecule has 0 unspecified atom stereocenters. The van der Waals surface area contributed by atoms with Crippen molar-refractivity contribution in [1.29, 1.82) is 0 Å². The Kier molecular flexibility index (Phi) is 4.14. The van der Waals surface area contributed by atoms with Gasteiger partial charge in [0, 0.05) is 17.2 Å². The molecule has 1 heterocycles. The number of hydrogen-bond donors (Lipinski definition) is 1. The van der Waals surface area contributed by atoms with Crippen LogP contribution in [0.5, 0.6) is 0 Å². The molecule has 2 rings (SSSR count). The summed E-state index contributed by atoms with van der Waals surface area (Å²) in [6, 6.07) is 8.12. The fourth-order valence-corrected chi connectivity index (χ4v) is 2.23. The smallest absolute Gasteiger partial charge is 0.137 e. The summed E-state index contributed by atoms with van der Waals surface area (Å²) in [4.78, 5) is 9.07. The van der Waals surface area contributed by atoms with Gasteiger partial charge in [0.1, 0.15) is 16.2 Å². The summed E-state index contributed by atoms with van der Waals surface area (Å²) in [5.41, 5.74) is 3.50. The largest absolute Gasteiger partial charge is 0.340 e. The molecule has 0 aliphatic heterocycles. The van der Waals surface area contributed by atoms with E-state index in [9.17, 15) is 0 Å². The molecule has 0 saturated heterocycles. The molecule has 0 saturated carbocycles. The van der Waals surface area contributed by atoms with Crippen LogP contribution in [0.3, 0.4) is 0 Å². The lowest BCUT2D eigenvalue weighted by Crippen LogP contribution is -2.17. The summed E-state index contributed by atoms with van der Waals surface area (Å²) in [7, 11) is 0. The first-order valence-electron chi connectivity index (χ1n) is 6.65. The van der Waals surface area contributed by atoms with E-state index in [0.717, 1.165) is 21.9 Å². The summed E-state index contributed by atoms with van der Waals surface area (Å²) in [6.45, 7) is 10.5. The number of anilines is 2. The first-order valence-corrected chi connectivity index (χ1v) is 7.45. The van der Waals surface area contributed by atoms with Gasteiger partial charge in [0.2, 0.25) is 0 Å². The minimum Gasteiger partial charge on any atom is -0.340 e. The highest BCUT2D eigenvalue weighted by Gasteiger charge is 2.18. The molecule has 1 aromatic heterocycles. The number of hydrogen-bond acceptors (Lipinski definition) is 3. The van der Waals surface area contributed by atoms with Crippen LogP contribution in [-0.2, 0) is 5.41 Å². The molecule has 0 bridgehead atoms. The van der Waals surface area contributed by atoms with E-state index in [0.29, 0.717) is 0 Å². The molecular weight excluding hydrogens is 314 g/mol. The zero-order chi connectivity index (χ0) is 14.9. The Labute approximate surface area is 129 Å². The van der Waals surface area contributed by atoms with Crippen LogP contribution in [0, 0.1) is 13.8 Å². The van der Waals surface area contributed by atoms with Gasteiger partial charge in [0.05, 0.1) is 0 Å². The van der Waals surface area contributed by atoms with Crippen molar-refractivity contribution in [3.63, 3.8) is 0 Å². The first kappa shape index (κ1) is 15.0. The van der Waals surface area contributed by atoms with Gasteiger partial charge < -0.3 is 5.32 Å². The second kappa shape index (κ2) is 5.52. The molecule has 0 amide bonds. The third-order valence-corrected chi connectivity index (χ3v) is 3.64. The van der Waals surface area contributed by atoms with Crippen molar-refractivity contribution in [1.82, 2.24) is 9.97 Å². The van der Waals surface area contributed by atoms with Crippen LogP contribution < -0.4 is 5.32 Å². The number of nitrogens with one attached hydrogen (secondary N) is 1. The van der Waals surface area contributed by atoms with Crippen LogP contribution in [0.2, 0.25) is 0 Å². The maximum atomic E-state index is 4.62. The maximum absolute atomic E-state index is 4.62. The van der Waals surface area contributed by atoms with Gasteiger partial charge in [-0.05, 0) is 47.0 Å². The summed E-state index contributed by atoms with van der Waals surface area (Å²) in [5, 5.41) is 3.39. The van der Waals surface area contributed by atoms with E-state index in [4.69, 9.17) is 0 Å². The number of rotatable bonds is 2. The quantitative estimate of drug-likeness (QED) is 0.794. The van der Waals surface area contributed by atoms with Gasteiger partial charge in [-0.1, -0.05) is 32.9 Å². The number of aryl methyl sites for hydroxylation is 1. The van der Waals surface area contributed by atoms with Gasteiger partial charge in [0.15, 0.2) is 0 Å². The minimum atomic E-state index is -0.0815. The number of aromatic nitrogens is 2. The van der Waals surface area contributed by atoms with Crippen molar-refractivity contribution in [3.8, 4) is 0 Å². The number of halogens is 1. The third-order valence-electron chi connectivity index (χ3n) is 3.23. The summed E-state index contributed by atoms with van der Waals surface area (Å²) >= 11 is 3.46. The lowest BCUT2D eigenvalue weighted by atomic mass is 9.96. The highest BCUT2D eigenvalue weighted by Crippen LogP contribution is 2.26. The molecule has 1 N–H and O–H groups in total. The van der Waals surface area contributed by atoms with Crippen molar-refractivity contribution in [3.05, 3.63) is 45.8 Å². The molecule has 0 spiro atoms. The fourth-order valence-electron chi connectivity index (χ4n) is 1.84. The highest BCUT2D eigenvalue weighted by atomic mass is 79.9. The van der Waals surface area contributed by atoms with Crippen molar-refractivity contribution < 1.29 is 0 Å². The van der Waals surface area contributed by atoms with E-state index in [1.807, 2.05) is 12.1 Å². The molecule has 0 aliphatic rings. The Morgan fingerprint density at radius 2 is 1.80 bits per heavy atom. The fraction of sp³-hybridized carbons (Fsp3) is 0.375. The highest BCUT2D eigenvalue weighted by molar-refractivity contribution is 9.10. The van der Waals surface area contributed by atoms with Gasteiger partial charge in [-0.2, -0.15) is 0 Å². The van der Waals surface area contributed by atoms with Gasteiger partial charge in [-0.3, -0.25) is 0 Å². The van der Waals surface area contributed by atoms with Crippen molar-refractivity contribution >= 4 is 27.4 Å². The molecule has 3 nitrogen and oxygen atoms in total. The zero-order valence-electron chi connectivity index (χ0n) is 12.6. The van der Waals surface area contributed by atoms with Crippen LogP contribution in [0.15, 0.2) is 28.9 Å². The predicted molar refractivity (Wildman–Crippen MR) is 87.6 cm³/mol. The van der Waals surface area contributed by atoms with Gasteiger partial charge in [0.25, 0.3) is 0 Å². The molecule has 0 radical (unpaired) electrons. The van der Waals surface area contributed by atoms with E-state index < -0.39 is 0 Å². The van der Waals surface area contributed by atoms with Gasteiger partial charge >= 0.3 is 0 Å². The molecule has 2 aromatic rings. The lowest BCUT2D eigenvalue weighted by molar-refractivity contribution is 0.544. The average molecular weight is 334 g/mol. The molecule has 0 fully saturated rings. The summed E-state index contributed by atoms with van der Waals surface area (Å²) < 4.78 is 0.797. The Morgan fingerprint density at radius 1 is 1.10 bits per heavy atom. The first-order chi connectivity index (χ1) is 9.27. The molecule has 1 aromatic carbocycles. The summed E-state index contributed by atoms with van der Waals surface area (Å²) in [5.74, 6) is 1.63. The second-order valence-electron chi connectivity index (χ2n) is 6.02. The van der Waals surface area contributed by atoms with E-state index in [1.54, 1.807) is 0 Å². The Balaban J connectivity index is 2.39. The third kappa shape index (κ3) is 3.37. The van der Waals surface area contributed by atoms with Crippen molar-refractivity contribution in [2.75, 3.05) is 5.32 Å². The van der Waals surface area contributed by atoms with Crippen LogP contribution in [-0.4, -0.2) is 9.97 Å². The normalized spacial score (nSPS) is 11.5. The standard InChI is InChI=1S/C16H20BrN3/c1-10-7-6-8-12(11(10)2)18-14-9-13(17)19-15(20-14)16(3,4)5/h6-9H,1-5H3,(H,18,19,20). The van der Waals surface area contributed by atoms with Crippen molar-refractivity contribution in [2.24, 2.45) is 0 Å². The van der Waals surface area contributed by atoms with Crippen LogP contribution in [0.25, 0.3) is 0 Å². The van der Waals surface area contributed by atoms with E-state index in [-0.39, 0.29) is 5.41 Å². The van der Waals surface area contributed by atoms with Crippen LogP contribution >= 0.6 is 15.9 Å². The predicted octanol–water partition coefficient (Wildman–Crippen LogP) is 4.90. The molecular formula is C16H20BrN3. The monoisotopic (exact) mass is 333 g/mol.